The summed E-state index contributed by atoms with van der Waals surface area (Å²) in [6, 6.07) is 75.4. The van der Waals surface area contributed by atoms with Crippen molar-refractivity contribution in [2.24, 2.45) is 0 Å². The summed E-state index contributed by atoms with van der Waals surface area (Å²) in [5, 5.41) is 6.03. The molecule has 3 aromatic heterocycles. The van der Waals surface area contributed by atoms with Crippen LogP contribution in [-0.2, 0) is 0 Å². The number of hydrogen-bond acceptors (Lipinski definition) is 6. The van der Waals surface area contributed by atoms with Crippen molar-refractivity contribution < 1.29 is 4.42 Å². The highest BCUT2D eigenvalue weighted by Crippen LogP contribution is 2.40. The van der Waals surface area contributed by atoms with E-state index in [1.54, 1.807) is 0 Å². The summed E-state index contributed by atoms with van der Waals surface area (Å²) in [4.78, 5) is 19.7. The van der Waals surface area contributed by atoms with Crippen molar-refractivity contribution in [3.8, 4) is 73.6 Å². The van der Waals surface area contributed by atoms with Gasteiger partial charge in [-0.05, 0) is 108 Å². The second-order valence-corrected chi connectivity index (χ2v) is 16.4. The number of anilines is 2. The van der Waals surface area contributed by atoms with Gasteiger partial charge in [0.25, 0.3) is 0 Å². The van der Waals surface area contributed by atoms with E-state index in [0.717, 1.165) is 72.6 Å². The molecule has 12 aromatic rings. The number of fused-ring (bicyclic) bond motifs is 4. The molecule has 0 aliphatic heterocycles. The van der Waals surface area contributed by atoms with E-state index >= 15 is 0 Å². The second kappa shape index (κ2) is 16.3. The standard InChI is InChI=1S/C59H40N6O/c1-38-16-11-12-25-47(38)49-35-41(28-31-51(49)60-45-22-9-4-10-23-45)42-30-33-54-50(36-42)48-26-13-14-27-53(48)65(54)46-24-15-21-44(34-46)59-61-52-32-29-43(37-55(52)66-59)58-63-56(39-17-5-2-6-18-39)62-57(64-58)40-19-7-3-8-20-40/h2-37,60H,1H3. The normalized spacial score (nSPS) is 11.4. The van der Waals surface area contributed by atoms with Crippen molar-refractivity contribution in [2.45, 2.75) is 6.92 Å². The molecular formula is C59H40N6O. The molecule has 66 heavy (non-hydrogen) atoms. The summed E-state index contributed by atoms with van der Waals surface area (Å²) < 4.78 is 8.89. The van der Waals surface area contributed by atoms with Crippen LogP contribution in [-0.4, -0.2) is 24.5 Å². The van der Waals surface area contributed by atoms with Crippen LogP contribution in [0.3, 0.4) is 0 Å². The molecule has 0 radical (unpaired) electrons. The van der Waals surface area contributed by atoms with E-state index in [2.05, 4.69) is 144 Å². The Bertz CT molecular complexity index is 3690. The first kappa shape index (κ1) is 38.7. The Hall–Kier alpha value is -8.94. The van der Waals surface area contributed by atoms with Gasteiger partial charge in [-0.1, -0.05) is 140 Å². The van der Waals surface area contributed by atoms with Crippen LogP contribution < -0.4 is 5.32 Å². The highest BCUT2D eigenvalue weighted by molar-refractivity contribution is 6.10. The molecule has 7 heteroatoms. The zero-order valence-corrected chi connectivity index (χ0v) is 35.9. The van der Waals surface area contributed by atoms with E-state index in [-0.39, 0.29) is 0 Å². The number of rotatable bonds is 9. The minimum atomic E-state index is 0.535. The first-order valence-electron chi connectivity index (χ1n) is 22.0. The van der Waals surface area contributed by atoms with Gasteiger partial charge >= 0.3 is 0 Å². The van der Waals surface area contributed by atoms with Crippen LogP contribution in [0.15, 0.2) is 223 Å². The molecule has 0 saturated carbocycles. The predicted octanol–water partition coefficient (Wildman–Crippen LogP) is 15.2. The molecule has 12 rings (SSSR count). The molecule has 0 atom stereocenters. The Kier molecular flexibility index (Phi) is 9.57. The maximum atomic E-state index is 6.55. The average molecular weight is 849 g/mol. The fraction of sp³-hybridized carbons (Fsp3) is 0.0169. The highest BCUT2D eigenvalue weighted by Gasteiger charge is 2.18. The molecular weight excluding hydrogens is 809 g/mol. The van der Waals surface area contributed by atoms with E-state index in [4.69, 9.17) is 24.4 Å². The van der Waals surface area contributed by atoms with Crippen molar-refractivity contribution in [3.05, 3.63) is 224 Å². The molecule has 0 aliphatic carbocycles. The summed E-state index contributed by atoms with van der Waals surface area (Å²) in [6.45, 7) is 2.17. The predicted molar refractivity (Wildman–Crippen MR) is 269 cm³/mol. The highest BCUT2D eigenvalue weighted by atomic mass is 16.3. The monoisotopic (exact) mass is 848 g/mol. The van der Waals surface area contributed by atoms with E-state index in [1.807, 2.05) is 91.0 Å². The number of oxazole rings is 1. The summed E-state index contributed by atoms with van der Waals surface area (Å²) in [5.41, 5.74) is 16.2. The molecule has 0 aliphatic rings. The Morgan fingerprint density at radius 3 is 1.77 bits per heavy atom. The van der Waals surface area contributed by atoms with Crippen molar-refractivity contribution in [2.75, 3.05) is 5.32 Å². The summed E-state index contributed by atoms with van der Waals surface area (Å²) >= 11 is 0. The third kappa shape index (κ3) is 7.15. The summed E-state index contributed by atoms with van der Waals surface area (Å²) in [7, 11) is 0. The first-order chi connectivity index (χ1) is 32.6. The third-order valence-electron chi connectivity index (χ3n) is 12.2. The molecule has 0 amide bonds. The van der Waals surface area contributed by atoms with Crippen LogP contribution in [0.4, 0.5) is 11.4 Å². The number of nitrogens with zero attached hydrogens (tertiary/aromatic N) is 5. The van der Waals surface area contributed by atoms with Gasteiger partial charge in [0.15, 0.2) is 23.1 Å². The van der Waals surface area contributed by atoms with Crippen LogP contribution in [0.5, 0.6) is 0 Å². The Morgan fingerprint density at radius 2 is 1.02 bits per heavy atom. The number of para-hydroxylation sites is 2. The van der Waals surface area contributed by atoms with Crippen molar-refractivity contribution in [1.29, 1.82) is 0 Å². The number of hydrogen-bond donors (Lipinski definition) is 1. The molecule has 0 unspecified atom stereocenters. The molecule has 0 spiro atoms. The minimum absolute atomic E-state index is 0.535. The van der Waals surface area contributed by atoms with Crippen molar-refractivity contribution >= 4 is 44.3 Å². The fourth-order valence-electron chi connectivity index (χ4n) is 8.94. The third-order valence-corrected chi connectivity index (χ3v) is 12.2. The molecule has 9 aromatic carbocycles. The first-order valence-corrected chi connectivity index (χ1v) is 22.0. The zero-order chi connectivity index (χ0) is 44.0. The zero-order valence-electron chi connectivity index (χ0n) is 35.9. The van der Waals surface area contributed by atoms with Gasteiger partial charge in [0, 0.05) is 55.7 Å². The van der Waals surface area contributed by atoms with Crippen LogP contribution in [0, 0.1) is 6.92 Å². The maximum Gasteiger partial charge on any atom is 0.227 e. The van der Waals surface area contributed by atoms with Crippen molar-refractivity contribution in [3.63, 3.8) is 0 Å². The van der Waals surface area contributed by atoms with Gasteiger partial charge in [-0.15, -0.1) is 0 Å². The van der Waals surface area contributed by atoms with Crippen molar-refractivity contribution in [1.82, 2.24) is 24.5 Å². The number of aryl methyl sites for hydroxylation is 1. The number of nitrogens with one attached hydrogen (secondary N) is 1. The van der Waals surface area contributed by atoms with Crippen LogP contribution in [0.1, 0.15) is 5.56 Å². The lowest BCUT2D eigenvalue weighted by Crippen LogP contribution is -2.00. The lowest BCUT2D eigenvalue weighted by atomic mass is 9.94. The summed E-state index contributed by atoms with van der Waals surface area (Å²) in [5.74, 6) is 2.30. The lowest BCUT2D eigenvalue weighted by molar-refractivity contribution is 0.620. The smallest absolute Gasteiger partial charge is 0.227 e. The van der Waals surface area contributed by atoms with E-state index < -0.39 is 0 Å². The summed E-state index contributed by atoms with van der Waals surface area (Å²) in [6.07, 6.45) is 0. The van der Waals surface area contributed by atoms with Crippen LogP contribution >= 0.6 is 0 Å². The largest absolute Gasteiger partial charge is 0.436 e. The minimum Gasteiger partial charge on any atom is -0.436 e. The number of benzene rings is 9. The van der Waals surface area contributed by atoms with Gasteiger partial charge in [0.1, 0.15) is 5.52 Å². The SMILES string of the molecule is Cc1ccccc1-c1cc(-c2ccc3c(c2)c2ccccc2n3-c2cccc(-c3nc4ccc(-c5nc(-c6ccccc6)nc(-c6ccccc6)n5)cc4o3)c2)ccc1Nc1ccccc1. The molecule has 0 saturated heterocycles. The topological polar surface area (TPSA) is 81.7 Å². The molecule has 1 N–H and O–H groups in total. The fourth-order valence-corrected chi connectivity index (χ4v) is 8.94. The molecule has 312 valence electrons. The molecule has 3 heterocycles. The maximum absolute atomic E-state index is 6.55. The number of aromatic nitrogens is 5. The van der Waals surface area contributed by atoms with Gasteiger partial charge in [-0.2, -0.15) is 0 Å². The van der Waals surface area contributed by atoms with Gasteiger partial charge in [-0.25, -0.2) is 19.9 Å². The Morgan fingerprint density at radius 1 is 0.409 bits per heavy atom. The van der Waals surface area contributed by atoms with Gasteiger partial charge in [0.2, 0.25) is 5.89 Å². The van der Waals surface area contributed by atoms with Crippen LogP contribution in [0.2, 0.25) is 0 Å². The average Bonchev–Trinajstić information content (AvgIpc) is 3.97. The van der Waals surface area contributed by atoms with E-state index in [9.17, 15) is 0 Å². The van der Waals surface area contributed by atoms with Gasteiger partial charge in [0.05, 0.1) is 11.0 Å². The Labute approximate surface area is 381 Å². The molecule has 0 fully saturated rings. The Balaban J connectivity index is 0.912. The van der Waals surface area contributed by atoms with Gasteiger partial charge < -0.3 is 14.3 Å². The second-order valence-electron chi connectivity index (χ2n) is 16.4. The lowest BCUT2D eigenvalue weighted by Gasteiger charge is -2.16. The van der Waals surface area contributed by atoms with Gasteiger partial charge in [-0.3, -0.25) is 0 Å². The van der Waals surface area contributed by atoms with E-state index in [1.165, 1.54) is 21.9 Å². The van der Waals surface area contributed by atoms with E-state index in [0.29, 0.717) is 28.9 Å². The molecule has 7 nitrogen and oxygen atoms in total. The van der Waals surface area contributed by atoms with Crippen LogP contribution in [0.25, 0.3) is 106 Å². The molecule has 0 bridgehead atoms. The quantitative estimate of drug-likeness (QED) is 0.156.